The first-order valence-corrected chi connectivity index (χ1v) is 7.46. The van der Waals surface area contributed by atoms with Gasteiger partial charge in [0.1, 0.15) is 5.41 Å². The van der Waals surface area contributed by atoms with Crippen LogP contribution < -0.4 is 11.1 Å². The van der Waals surface area contributed by atoms with E-state index in [1.54, 1.807) is 0 Å². The fourth-order valence-electron chi connectivity index (χ4n) is 3.35. The fraction of sp³-hybridized carbons (Fsp3) is 0.857. The van der Waals surface area contributed by atoms with Gasteiger partial charge in [0.15, 0.2) is 5.84 Å². The lowest BCUT2D eigenvalue weighted by molar-refractivity contribution is -0.133. The predicted octanol–water partition coefficient (Wildman–Crippen LogP) is 1.22. The van der Waals surface area contributed by atoms with Crippen molar-refractivity contribution in [2.45, 2.75) is 51.6 Å². The molecule has 6 nitrogen and oxygen atoms in total. The van der Waals surface area contributed by atoms with Crippen LogP contribution in [0, 0.1) is 11.3 Å². The molecule has 0 atom stereocenters. The molecule has 0 bridgehead atoms. The molecule has 0 aromatic rings. The van der Waals surface area contributed by atoms with Crippen LogP contribution in [-0.2, 0) is 9.53 Å². The van der Waals surface area contributed by atoms with Crippen molar-refractivity contribution in [3.8, 4) is 0 Å². The Morgan fingerprint density at radius 2 is 2.10 bits per heavy atom. The molecule has 0 spiro atoms. The number of hydrogen-bond acceptors (Lipinski definition) is 4. The smallest absolute Gasteiger partial charge is 0.234 e. The third kappa shape index (κ3) is 3.06. The summed E-state index contributed by atoms with van der Waals surface area (Å²) >= 11 is 0. The van der Waals surface area contributed by atoms with Crippen molar-refractivity contribution < 1.29 is 14.7 Å². The van der Waals surface area contributed by atoms with Crippen LogP contribution in [0.1, 0.15) is 45.4 Å². The number of rotatable bonds is 6. The summed E-state index contributed by atoms with van der Waals surface area (Å²) in [5, 5.41) is 14.7. The van der Waals surface area contributed by atoms with Crippen molar-refractivity contribution in [3.05, 3.63) is 0 Å². The van der Waals surface area contributed by atoms with Gasteiger partial charge in [0, 0.05) is 6.54 Å². The van der Waals surface area contributed by atoms with Gasteiger partial charge in [-0.25, -0.2) is 0 Å². The molecule has 0 aromatic heterocycles. The third-order valence-corrected chi connectivity index (χ3v) is 4.47. The Hall–Kier alpha value is -1.30. The summed E-state index contributed by atoms with van der Waals surface area (Å²) in [5.41, 5.74) is 4.87. The molecular formula is C14H25N3O3. The second-order valence-corrected chi connectivity index (χ2v) is 6.11. The number of nitrogens with zero attached hydrogens (tertiary/aromatic N) is 1. The predicted molar refractivity (Wildman–Crippen MR) is 75.5 cm³/mol. The highest BCUT2D eigenvalue weighted by Crippen LogP contribution is 2.45. The second kappa shape index (κ2) is 6.43. The maximum absolute atomic E-state index is 12.3. The standard InChI is InChI=1S/C14H25N3O3/c1-10-8-14(9-10,12(15)17-19)13(18)16-6-7-20-11-4-2-3-5-11/h10-11,19H,2-9H2,1H3,(H2,15,17)(H,16,18). The van der Waals surface area contributed by atoms with Crippen LogP contribution in [0.5, 0.6) is 0 Å². The third-order valence-electron chi connectivity index (χ3n) is 4.47. The summed E-state index contributed by atoms with van der Waals surface area (Å²) in [4.78, 5) is 12.3. The average molecular weight is 283 g/mol. The number of amides is 1. The van der Waals surface area contributed by atoms with Gasteiger partial charge < -0.3 is 21.0 Å². The summed E-state index contributed by atoms with van der Waals surface area (Å²) in [6, 6.07) is 0. The van der Waals surface area contributed by atoms with Gasteiger partial charge in [-0.05, 0) is 31.6 Å². The van der Waals surface area contributed by atoms with Crippen molar-refractivity contribution in [3.63, 3.8) is 0 Å². The van der Waals surface area contributed by atoms with Crippen molar-refractivity contribution in [1.82, 2.24) is 5.32 Å². The van der Waals surface area contributed by atoms with Crippen molar-refractivity contribution in [1.29, 1.82) is 0 Å². The van der Waals surface area contributed by atoms with Crippen LogP contribution in [0.2, 0.25) is 0 Å². The van der Waals surface area contributed by atoms with Gasteiger partial charge in [0.25, 0.3) is 0 Å². The zero-order chi connectivity index (χ0) is 14.6. The second-order valence-electron chi connectivity index (χ2n) is 6.11. The minimum atomic E-state index is -0.818. The highest BCUT2D eigenvalue weighted by molar-refractivity contribution is 6.07. The maximum Gasteiger partial charge on any atom is 0.234 e. The van der Waals surface area contributed by atoms with Crippen LogP contribution >= 0.6 is 0 Å². The van der Waals surface area contributed by atoms with E-state index in [-0.39, 0.29) is 11.7 Å². The molecule has 0 unspecified atom stereocenters. The Labute approximate surface area is 119 Å². The minimum Gasteiger partial charge on any atom is -0.409 e. The molecule has 0 radical (unpaired) electrons. The van der Waals surface area contributed by atoms with E-state index >= 15 is 0 Å². The summed E-state index contributed by atoms with van der Waals surface area (Å²) in [6.07, 6.45) is 6.35. The highest BCUT2D eigenvalue weighted by atomic mass is 16.5. The molecule has 2 rings (SSSR count). The molecule has 2 aliphatic carbocycles. The average Bonchev–Trinajstić information content (AvgIpc) is 2.91. The number of ether oxygens (including phenoxy) is 1. The Bertz CT molecular complexity index is 372. The topological polar surface area (TPSA) is 96.9 Å². The van der Waals surface area contributed by atoms with Crippen LogP contribution in [0.3, 0.4) is 0 Å². The molecule has 0 aromatic carbocycles. The number of carbonyl (C=O) groups excluding carboxylic acids is 1. The number of carbonyl (C=O) groups is 1. The van der Waals surface area contributed by atoms with Gasteiger partial charge in [-0.15, -0.1) is 0 Å². The lowest BCUT2D eigenvalue weighted by Crippen LogP contribution is -2.57. The van der Waals surface area contributed by atoms with Crippen LogP contribution in [0.15, 0.2) is 5.16 Å². The van der Waals surface area contributed by atoms with E-state index in [0.29, 0.717) is 38.0 Å². The first kappa shape index (κ1) is 15.1. The zero-order valence-corrected chi connectivity index (χ0v) is 12.1. The van der Waals surface area contributed by atoms with E-state index in [1.807, 2.05) is 0 Å². The largest absolute Gasteiger partial charge is 0.409 e. The Balaban J connectivity index is 1.75. The fourth-order valence-corrected chi connectivity index (χ4v) is 3.35. The molecule has 1 amide bonds. The van der Waals surface area contributed by atoms with Crippen molar-refractivity contribution >= 4 is 11.7 Å². The first-order chi connectivity index (χ1) is 9.58. The van der Waals surface area contributed by atoms with Crippen LogP contribution in [-0.4, -0.2) is 36.2 Å². The number of hydrogen-bond donors (Lipinski definition) is 3. The quantitative estimate of drug-likeness (QED) is 0.224. The lowest BCUT2D eigenvalue weighted by atomic mass is 9.61. The van der Waals surface area contributed by atoms with E-state index in [0.717, 1.165) is 12.8 Å². The molecule has 0 heterocycles. The zero-order valence-electron chi connectivity index (χ0n) is 12.1. The Kier molecular flexibility index (Phi) is 4.86. The van der Waals surface area contributed by atoms with Crippen molar-refractivity contribution in [2.24, 2.45) is 22.2 Å². The SMILES string of the molecule is CC1CC(C(=O)NCCOC2CCCC2)(C(N)=NO)C1. The van der Waals surface area contributed by atoms with Gasteiger partial charge in [-0.2, -0.15) is 0 Å². The van der Waals surface area contributed by atoms with E-state index in [2.05, 4.69) is 17.4 Å². The monoisotopic (exact) mass is 283 g/mol. The van der Waals surface area contributed by atoms with E-state index in [9.17, 15) is 4.79 Å². The minimum absolute atomic E-state index is 0.0183. The highest BCUT2D eigenvalue weighted by Gasteiger charge is 2.52. The van der Waals surface area contributed by atoms with Gasteiger partial charge in [0.05, 0.1) is 12.7 Å². The normalized spacial score (nSPS) is 31.1. The van der Waals surface area contributed by atoms with E-state index < -0.39 is 5.41 Å². The van der Waals surface area contributed by atoms with Gasteiger partial charge in [-0.3, -0.25) is 4.79 Å². The molecule has 2 aliphatic rings. The molecule has 6 heteroatoms. The Morgan fingerprint density at radius 3 is 2.65 bits per heavy atom. The molecule has 0 saturated heterocycles. The molecule has 2 fully saturated rings. The lowest BCUT2D eigenvalue weighted by Gasteiger charge is -2.43. The molecular weight excluding hydrogens is 258 g/mol. The molecule has 20 heavy (non-hydrogen) atoms. The maximum atomic E-state index is 12.3. The Morgan fingerprint density at radius 1 is 1.45 bits per heavy atom. The molecule has 2 saturated carbocycles. The number of amidine groups is 1. The van der Waals surface area contributed by atoms with Gasteiger partial charge in [-0.1, -0.05) is 24.9 Å². The number of nitrogens with one attached hydrogen (secondary N) is 1. The van der Waals surface area contributed by atoms with Crippen LogP contribution in [0.25, 0.3) is 0 Å². The van der Waals surface area contributed by atoms with E-state index in [1.165, 1.54) is 12.8 Å². The number of oxime groups is 1. The summed E-state index contributed by atoms with van der Waals surface area (Å²) < 4.78 is 5.70. The van der Waals surface area contributed by atoms with Crippen molar-refractivity contribution in [2.75, 3.05) is 13.2 Å². The summed E-state index contributed by atoms with van der Waals surface area (Å²) in [5.74, 6) is 0.293. The summed E-state index contributed by atoms with van der Waals surface area (Å²) in [7, 11) is 0. The molecule has 4 N–H and O–H groups in total. The number of nitrogens with two attached hydrogens (primary N) is 1. The van der Waals surface area contributed by atoms with Crippen LogP contribution in [0.4, 0.5) is 0 Å². The van der Waals surface area contributed by atoms with Gasteiger partial charge in [0.2, 0.25) is 5.91 Å². The van der Waals surface area contributed by atoms with Gasteiger partial charge >= 0.3 is 0 Å². The molecule has 0 aliphatic heterocycles. The molecule has 114 valence electrons. The summed E-state index contributed by atoms with van der Waals surface area (Å²) in [6.45, 7) is 3.06. The van der Waals surface area contributed by atoms with E-state index in [4.69, 9.17) is 15.7 Å². The first-order valence-electron chi connectivity index (χ1n) is 7.46.